The predicted molar refractivity (Wildman–Crippen MR) is 81.6 cm³/mol. The van der Waals surface area contributed by atoms with Crippen LogP contribution in [0, 0.1) is 0 Å². The van der Waals surface area contributed by atoms with Crippen molar-refractivity contribution in [3.63, 3.8) is 0 Å². The first-order chi connectivity index (χ1) is 10.8. The van der Waals surface area contributed by atoms with Crippen LogP contribution in [0.15, 0.2) is 28.9 Å². The Hall–Kier alpha value is -2.33. The van der Waals surface area contributed by atoms with Crippen LogP contribution in [-0.4, -0.2) is 42.3 Å². The second-order valence-electron chi connectivity index (χ2n) is 4.88. The molecule has 0 spiro atoms. The van der Waals surface area contributed by atoms with Gasteiger partial charge in [0.15, 0.2) is 0 Å². The van der Waals surface area contributed by atoms with E-state index < -0.39 is 16.1 Å². The van der Waals surface area contributed by atoms with Crippen molar-refractivity contribution in [1.82, 2.24) is 25.2 Å². The number of carbonyl (C=O) groups excluding carboxylic acids is 1. The number of rotatable bonds is 7. The average Bonchev–Trinajstić information content (AvgIpc) is 2.96. The monoisotopic (exact) mass is 339 g/mol. The van der Waals surface area contributed by atoms with E-state index in [1.54, 1.807) is 31.3 Å². The number of hydrogen-bond acceptors (Lipinski definition) is 7. The summed E-state index contributed by atoms with van der Waals surface area (Å²) in [5.41, 5.74) is 0.568. The number of sulfonamides is 1. The molecule has 0 unspecified atom stereocenters. The standard InChI is InChI=1S/C13H17N5O4S/c1-9(16-11(19)6-8-15-23(2,20)21)13-17-12(18-22-13)10-5-3-4-7-14-10/h3-5,7,9,15H,6,8H2,1-2H3,(H,16,19)/t9-/m1/s1. The van der Waals surface area contributed by atoms with Crippen molar-refractivity contribution in [2.45, 2.75) is 19.4 Å². The molecule has 0 aliphatic rings. The van der Waals surface area contributed by atoms with Crippen LogP contribution in [0.3, 0.4) is 0 Å². The van der Waals surface area contributed by atoms with Gasteiger partial charge in [-0.2, -0.15) is 4.98 Å². The molecule has 0 bridgehead atoms. The Kier molecular flexibility index (Phi) is 5.40. The summed E-state index contributed by atoms with van der Waals surface area (Å²) in [4.78, 5) is 20.0. The van der Waals surface area contributed by atoms with E-state index in [9.17, 15) is 13.2 Å². The van der Waals surface area contributed by atoms with Crippen molar-refractivity contribution in [2.24, 2.45) is 0 Å². The second kappa shape index (κ2) is 7.29. The Morgan fingerprint density at radius 3 is 2.83 bits per heavy atom. The molecule has 10 heteroatoms. The molecule has 0 fully saturated rings. The zero-order chi connectivity index (χ0) is 16.9. The van der Waals surface area contributed by atoms with Gasteiger partial charge in [-0.25, -0.2) is 13.1 Å². The predicted octanol–water partition coefficient (Wildman–Crippen LogP) is 0.248. The fourth-order valence-corrected chi connectivity index (χ4v) is 2.21. The summed E-state index contributed by atoms with van der Waals surface area (Å²) in [6, 6.07) is 4.83. The third-order valence-corrected chi connectivity index (χ3v) is 3.53. The summed E-state index contributed by atoms with van der Waals surface area (Å²) in [6.07, 6.45) is 2.66. The third-order valence-electron chi connectivity index (χ3n) is 2.80. The van der Waals surface area contributed by atoms with Gasteiger partial charge >= 0.3 is 0 Å². The lowest BCUT2D eigenvalue weighted by molar-refractivity contribution is -0.121. The van der Waals surface area contributed by atoms with Crippen LogP contribution < -0.4 is 10.0 Å². The van der Waals surface area contributed by atoms with Gasteiger partial charge in [0.2, 0.25) is 27.6 Å². The van der Waals surface area contributed by atoms with E-state index in [0.29, 0.717) is 11.5 Å². The Morgan fingerprint density at radius 2 is 2.17 bits per heavy atom. The first-order valence-corrected chi connectivity index (χ1v) is 8.73. The van der Waals surface area contributed by atoms with Crippen LogP contribution >= 0.6 is 0 Å². The lowest BCUT2D eigenvalue weighted by atomic mass is 10.3. The number of pyridine rings is 1. The van der Waals surface area contributed by atoms with E-state index in [0.717, 1.165) is 6.26 Å². The summed E-state index contributed by atoms with van der Waals surface area (Å²) < 4.78 is 29.2. The van der Waals surface area contributed by atoms with Gasteiger partial charge in [-0.1, -0.05) is 11.2 Å². The molecule has 2 aromatic heterocycles. The maximum absolute atomic E-state index is 11.7. The smallest absolute Gasteiger partial charge is 0.249 e. The van der Waals surface area contributed by atoms with Gasteiger partial charge in [-0.15, -0.1) is 0 Å². The Morgan fingerprint density at radius 1 is 1.39 bits per heavy atom. The molecule has 2 heterocycles. The maximum atomic E-state index is 11.7. The van der Waals surface area contributed by atoms with Crippen LogP contribution in [-0.2, 0) is 14.8 Å². The molecule has 2 N–H and O–H groups in total. The van der Waals surface area contributed by atoms with E-state index in [-0.39, 0.29) is 24.8 Å². The van der Waals surface area contributed by atoms with Crippen LogP contribution in [0.5, 0.6) is 0 Å². The molecular formula is C13H17N5O4S. The van der Waals surface area contributed by atoms with Gasteiger partial charge in [-0.3, -0.25) is 9.78 Å². The van der Waals surface area contributed by atoms with E-state index in [1.165, 1.54) is 0 Å². The quantitative estimate of drug-likeness (QED) is 0.740. The maximum Gasteiger partial charge on any atom is 0.249 e. The number of nitrogens with zero attached hydrogens (tertiary/aromatic N) is 3. The highest BCUT2D eigenvalue weighted by atomic mass is 32.2. The van der Waals surface area contributed by atoms with E-state index in [1.807, 2.05) is 0 Å². The molecule has 0 aromatic carbocycles. The molecule has 1 amide bonds. The SMILES string of the molecule is C[C@@H](NC(=O)CCNS(C)(=O)=O)c1nc(-c2ccccn2)no1. The molecule has 0 saturated heterocycles. The van der Waals surface area contributed by atoms with E-state index in [2.05, 4.69) is 25.2 Å². The molecule has 0 aliphatic heterocycles. The van der Waals surface area contributed by atoms with Crippen LogP contribution in [0.4, 0.5) is 0 Å². The summed E-state index contributed by atoms with van der Waals surface area (Å²) in [5, 5.41) is 6.47. The molecule has 0 radical (unpaired) electrons. The summed E-state index contributed by atoms with van der Waals surface area (Å²) >= 11 is 0. The Bertz CT molecular complexity index is 760. The van der Waals surface area contributed by atoms with Crippen LogP contribution in [0.1, 0.15) is 25.3 Å². The molecule has 1 atom stereocenters. The van der Waals surface area contributed by atoms with Crippen molar-refractivity contribution in [2.75, 3.05) is 12.8 Å². The van der Waals surface area contributed by atoms with Gasteiger partial charge in [0.25, 0.3) is 0 Å². The van der Waals surface area contributed by atoms with E-state index in [4.69, 9.17) is 4.52 Å². The van der Waals surface area contributed by atoms with Crippen LogP contribution in [0.2, 0.25) is 0 Å². The summed E-state index contributed by atoms with van der Waals surface area (Å²) in [7, 11) is -3.31. The van der Waals surface area contributed by atoms with Crippen molar-refractivity contribution < 1.29 is 17.7 Å². The average molecular weight is 339 g/mol. The topological polar surface area (TPSA) is 127 Å². The Balaban J connectivity index is 1.90. The third kappa shape index (κ3) is 5.42. The normalized spacial score (nSPS) is 12.8. The number of aromatic nitrogens is 3. The lowest BCUT2D eigenvalue weighted by Gasteiger charge is -2.09. The fraction of sp³-hybridized carbons (Fsp3) is 0.385. The highest BCUT2D eigenvalue weighted by Crippen LogP contribution is 2.16. The molecule has 23 heavy (non-hydrogen) atoms. The molecule has 0 saturated carbocycles. The second-order valence-corrected chi connectivity index (χ2v) is 6.71. The molecular weight excluding hydrogens is 322 g/mol. The lowest BCUT2D eigenvalue weighted by Crippen LogP contribution is -2.31. The zero-order valence-electron chi connectivity index (χ0n) is 12.7. The minimum absolute atomic E-state index is 0.0125. The van der Waals surface area contributed by atoms with Crippen molar-refractivity contribution in [1.29, 1.82) is 0 Å². The summed E-state index contributed by atoms with van der Waals surface area (Å²) in [5.74, 6) is 0.252. The molecule has 124 valence electrons. The number of carbonyl (C=O) groups is 1. The van der Waals surface area contributed by atoms with E-state index >= 15 is 0 Å². The number of nitrogens with one attached hydrogen (secondary N) is 2. The molecule has 9 nitrogen and oxygen atoms in total. The largest absolute Gasteiger partial charge is 0.345 e. The minimum atomic E-state index is -3.31. The minimum Gasteiger partial charge on any atom is -0.345 e. The van der Waals surface area contributed by atoms with Crippen molar-refractivity contribution in [3.05, 3.63) is 30.3 Å². The molecule has 2 aromatic rings. The van der Waals surface area contributed by atoms with Gasteiger partial charge in [0.1, 0.15) is 11.7 Å². The van der Waals surface area contributed by atoms with Gasteiger partial charge in [0.05, 0.1) is 6.26 Å². The van der Waals surface area contributed by atoms with Crippen molar-refractivity contribution >= 4 is 15.9 Å². The van der Waals surface area contributed by atoms with Gasteiger partial charge in [-0.05, 0) is 19.1 Å². The van der Waals surface area contributed by atoms with Gasteiger partial charge < -0.3 is 9.84 Å². The molecule has 0 aliphatic carbocycles. The fourth-order valence-electron chi connectivity index (χ4n) is 1.74. The highest BCUT2D eigenvalue weighted by Gasteiger charge is 2.17. The number of amides is 1. The van der Waals surface area contributed by atoms with Gasteiger partial charge in [0, 0.05) is 19.2 Å². The zero-order valence-corrected chi connectivity index (χ0v) is 13.5. The first-order valence-electron chi connectivity index (χ1n) is 6.84. The highest BCUT2D eigenvalue weighted by molar-refractivity contribution is 7.88. The number of hydrogen-bond donors (Lipinski definition) is 2. The summed E-state index contributed by atoms with van der Waals surface area (Å²) in [6.45, 7) is 1.72. The molecule has 2 rings (SSSR count). The van der Waals surface area contributed by atoms with Crippen LogP contribution in [0.25, 0.3) is 11.5 Å². The van der Waals surface area contributed by atoms with Crippen molar-refractivity contribution in [3.8, 4) is 11.5 Å². The first kappa shape index (κ1) is 17.0. The Labute approximate surface area is 133 Å².